The van der Waals surface area contributed by atoms with Crippen LogP contribution < -0.4 is 5.32 Å². The number of nitrogens with one attached hydrogen (secondary N) is 1. The Kier molecular flexibility index (Phi) is 8.85. The maximum absolute atomic E-state index is 4.51. The van der Waals surface area contributed by atoms with Gasteiger partial charge in [-0.2, -0.15) is 0 Å². The number of nitrogens with zero attached hydrogens (tertiary/aromatic N) is 3. The lowest BCUT2D eigenvalue weighted by Gasteiger charge is -2.37. The summed E-state index contributed by atoms with van der Waals surface area (Å²) in [5.74, 6) is 2.52. The number of hydrogen-bond acceptors (Lipinski definition) is 3. The molecule has 0 saturated carbocycles. The van der Waals surface area contributed by atoms with Crippen LogP contribution in [0, 0.1) is 11.8 Å². The van der Waals surface area contributed by atoms with E-state index in [0.29, 0.717) is 6.04 Å². The van der Waals surface area contributed by atoms with Gasteiger partial charge < -0.3 is 15.1 Å². The number of likely N-dealkylation sites (tertiary alicyclic amines) is 1. The average molecular weight is 450 g/mol. The minimum atomic E-state index is 0. The van der Waals surface area contributed by atoms with E-state index in [4.69, 9.17) is 0 Å². The van der Waals surface area contributed by atoms with E-state index in [-0.39, 0.29) is 24.0 Å². The van der Waals surface area contributed by atoms with Gasteiger partial charge in [0.05, 0.1) is 6.04 Å². The molecule has 4 nitrogen and oxygen atoms in total. The maximum atomic E-state index is 4.51. The van der Waals surface area contributed by atoms with E-state index >= 15 is 0 Å². The molecule has 0 aliphatic carbocycles. The largest absolute Gasteiger partial charge is 0.354 e. The van der Waals surface area contributed by atoms with E-state index in [2.05, 4.69) is 65.6 Å². The molecule has 2 rings (SSSR count). The first kappa shape index (κ1) is 20.7. The molecule has 0 bridgehead atoms. The zero-order valence-corrected chi connectivity index (χ0v) is 18.1. The molecular weight excluding hydrogens is 419 g/mol. The summed E-state index contributed by atoms with van der Waals surface area (Å²) in [6.07, 6.45) is 1.32. The molecule has 0 radical (unpaired) electrons. The number of piperidine rings is 1. The second-order valence-electron chi connectivity index (χ2n) is 6.77. The molecule has 3 unspecified atom stereocenters. The minimum absolute atomic E-state index is 0. The summed E-state index contributed by atoms with van der Waals surface area (Å²) in [6.45, 7) is 7.78. The van der Waals surface area contributed by atoms with Crippen LogP contribution in [0.25, 0.3) is 0 Å². The van der Waals surface area contributed by atoms with Gasteiger partial charge in [-0.1, -0.05) is 19.9 Å². The second-order valence-corrected chi connectivity index (χ2v) is 7.75. The molecule has 1 N–H and O–H groups in total. The number of aliphatic imine (C=N–C) groups is 1. The Bertz CT molecular complexity index is 465. The number of guanidine groups is 1. The summed E-state index contributed by atoms with van der Waals surface area (Å²) < 4.78 is 0. The summed E-state index contributed by atoms with van der Waals surface area (Å²) >= 11 is 1.82. The highest BCUT2D eigenvalue weighted by Gasteiger charge is 2.25. The number of likely N-dealkylation sites (N-methyl/N-ethyl adjacent to an activating group) is 1. The van der Waals surface area contributed by atoms with E-state index in [1.165, 1.54) is 11.3 Å². The summed E-state index contributed by atoms with van der Waals surface area (Å²) in [5, 5.41) is 5.74. The fourth-order valence-electron chi connectivity index (χ4n) is 3.37. The summed E-state index contributed by atoms with van der Waals surface area (Å²) in [5.41, 5.74) is 0. The van der Waals surface area contributed by atoms with Crippen LogP contribution in [0.15, 0.2) is 22.5 Å². The molecular formula is C17H31IN4S. The van der Waals surface area contributed by atoms with Gasteiger partial charge in [0.1, 0.15) is 0 Å². The Morgan fingerprint density at radius 3 is 2.52 bits per heavy atom. The van der Waals surface area contributed by atoms with E-state index < -0.39 is 0 Å². The zero-order chi connectivity index (χ0) is 16.1. The lowest BCUT2D eigenvalue weighted by Crippen LogP contribution is -2.49. The molecule has 6 heteroatoms. The number of rotatable bonds is 4. The lowest BCUT2D eigenvalue weighted by atomic mass is 9.92. The van der Waals surface area contributed by atoms with Crippen molar-refractivity contribution < 1.29 is 0 Å². The molecule has 3 atom stereocenters. The van der Waals surface area contributed by atoms with Crippen molar-refractivity contribution in [3.05, 3.63) is 22.4 Å². The predicted octanol–water partition coefficient (Wildman–Crippen LogP) is 3.52. The van der Waals surface area contributed by atoms with Crippen molar-refractivity contribution in [2.45, 2.75) is 26.3 Å². The summed E-state index contributed by atoms with van der Waals surface area (Å²) in [4.78, 5) is 10.6. The van der Waals surface area contributed by atoms with Crippen molar-refractivity contribution in [1.82, 2.24) is 15.1 Å². The standard InChI is InChI=1S/C17H30N4S.HI/c1-13-9-14(2)12-21(11-13)17(18-3)19-10-15(20(4)5)16-7-6-8-22-16;/h6-8,13-15H,9-12H2,1-5H3,(H,18,19);1H. The van der Waals surface area contributed by atoms with E-state index in [1.807, 2.05) is 18.4 Å². The van der Waals surface area contributed by atoms with Crippen molar-refractivity contribution in [2.24, 2.45) is 16.8 Å². The fourth-order valence-corrected chi connectivity index (χ4v) is 4.30. The highest BCUT2D eigenvalue weighted by atomic mass is 127. The molecule has 2 heterocycles. The third-order valence-electron chi connectivity index (χ3n) is 4.33. The topological polar surface area (TPSA) is 30.9 Å². The minimum Gasteiger partial charge on any atom is -0.354 e. The van der Waals surface area contributed by atoms with Crippen molar-refractivity contribution in [3.63, 3.8) is 0 Å². The molecule has 1 saturated heterocycles. The van der Waals surface area contributed by atoms with Crippen LogP contribution in [-0.2, 0) is 0 Å². The SMILES string of the molecule is CN=C(NCC(c1cccs1)N(C)C)N1CC(C)CC(C)C1.I. The Balaban J connectivity index is 0.00000264. The fraction of sp³-hybridized carbons (Fsp3) is 0.706. The highest BCUT2D eigenvalue weighted by Crippen LogP contribution is 2.23. The monoisotopic (exact) mass is 450 g/mol. The van der Waals surface area contributed by atoms with Crippen LogP contribution in [0.2, 0.25) is 0 Å². The van der Waals surface area contributed by atoms with Gasteiger partial charge in [-0.15, -0.1) is 35.3 Å². The van der Waals surface area contributed by atoms with E-state index in [1.54, 1.807) is 0 Å². The van der Waals surface area contributed by atoms with Crippen LogP contribution in [0.1, 0.15) is 31.2 Å². The van der Waals surface area contributed by atoms with Crippen LogP contribution in [0.3, 0.4) is 0 Å². The normalized spacial score (nSPS) is 23.6. The van der Waals surface area contributed by atoms with Crippen LogP contribution in [0.5, 0.6) is 0 Å². The van der Waals surface area contributed by atoms with Crippen molar-refractivity contribution in [2.75, 3.05) is 40.8 Å². The first-order valence-electron chi connectivity index (χ1n) is 8.16. The predicted molar refractivity (Wildman–Crippen MR) is 112 cm³/mol. The number of halogens is 1. The Morgan fingerprint density at radius 1 is 1.39 bits per heavy atom. The molecule has 1 fully saturated rings. The lowest BCUT2D eigenvalue weighted by molar-refractivity contribution is 0.206. The Morgan fingerprint density at radius 2 is 2.04 bits per heavy atom. The quantitative estimate of drug-likeness (QED) is 0.433. The van der Waals surface area contributed by atoms with Gasteiger partial charge in [0, 0.05) is 31.6 Å². The summed E-state index contributed by atoms with van der Waals surface area (Å²) in [6, 6.07) is 4.72. The van der Waals surface area contributed by atoms with Crippen LogP contribution in [0.4, 0.5) is 0 Å². The molecule has 0 spiro atoms. The summed E-state index contributed by atoms with van der Waals surface area (Å²) in [7, 11) is 6.17. The second kappa shape index (κ2) is 9.84. The van der Waals surface area contributed by atoms with Crippen LogP contribution in [-0.4, -0.2) is 56.5 Å². The first-order chi connectivity index (χ1) is 10.5. The molecule has 1 aliphatic rings. The average Bonchev–Trinajstić information content (AvgIpc) is 2.95. The first-order valence-corrected chi connectivity index (χ1v) is 9.04. The van der Waals surface area contributed by atoms with Gasteiger partial charge in [-0.05, 0) is 43.8 Å². The van der Waals surface area contributed by atoms with Crippen molar-refractivity contribution in [1.29, 1.82) is 0 Å². The van der Waals surface area contributed by atoms with Gasteiger partial charge in [0.25, 0.3) is 0 Å². The Labute approximate surface area is 162 Å². The highest BCUT2D eigenvalue weighted by molar-refractivity contribution is 14.0. The van der Waals surface area contributed by atoms with Gasteiger partial charge in [-0.25, -0.2) is 0 Å². The van der Waals surface area contributed by atoms with E-state index in [0.717, 1.165) is 37.4 Å². The smallest absolute Gasteiger partial charge is 0.193 e. The number of hydrogen-bond donors (Lipinski definition) is 1. The van der Waals surface area contributed by atoms with Gasteiger partial charge >= 0.3 is 0 Å². The molecule has 23 heavy (non-hydrogen) atoms. The van der Waals surface area contributed by atoms with Gasteiger partial charge in [-0.3, -0.25) is 4.99 Å². The molecule has 0 amide bonds. The number of thiophene rings is 1. The zero-order valence-electron chi connectivity index (χ0n) is 15.0. The molecule has 1 aromatic rings. The van der Waals surface area contributed by atoms with Crippen molar-refractivity contribution in [3.8, 4) is 0 Å². The molecule has 0 aromatic carbocycles. The Hall–Kier alpha value is -0.340. The van der Waals surface area contributed by atoms with E-state index in [9.17, 15) is 0 Å². The third kappa shape index (κ3) is 5.90. The van der Waals surface area contributed by atoms with Gasteiger partial charge in [0.2, 0.25) is 0 Å². The maximum Gasteiger partial charge on any atom is 0.193 e. The molecule has 132 valence electrons. The molecule has 1 aliphatic heterocycles. The van der Waals surface area contributed by atoms with Gasteiger partial charge in [0.15, 0.2) is 5.96 Å². The third-order valence-corrected chi connectivity index (χ3v) is 5.30. The van der Waals surface area contributed by atoms with Crippen LogP contribution >= 0.6 is 35.3 Å². The molecule has 1 aromatic heterocycles. The van der Waals surface area contributed by atoms with Crippen molar-refractivity contribution >= 4 is 41.3 Å².